The van der Waals surface area contributed by atoms with Crippen LogP contribution in [0.25, 0.3) is 16.9 Å². The number of aromatic carboxylic acids is 1. The van der Waals surface area contributed by atoms with E-state index in [9.17, 15) is 18.3 Å². The molecule has 0 aliphatic carbocycles. The van der Waals surface area contributed by atoms with Gasteiger partial charge in [-0.25, -0.2) is 17.9 Å². The molecular formula is C19H18N2O6S2. The van der Waals surface area contributed by atoms with Gasteiger partial charge in [0.1, 0.15) is 23.0 Å². The van der Waals surface area contributed by atoms with Gasteiger partial charge >= 0.3 is 5.97 Å². The molecule has 1 aromatic carbocycles. The van der Waals surface area contributed by atoms with Crippen molar-refractivity contribution in [2.45, 2.75) is 24.8 Å². The van der Waals surface area contributed by atoms with Gasteiger partial charge in [0.05, 0.1) is 29.8 Å². The third-order valence-corrected chi connectivity index (χ3v) is 7.24. The number of nitrogens with zero attached hydrogens (tertiary/aromatic N) is 2. The second kappa shape index (κ2) is 7.20. The Morgan fingerprint density at radius 1 is 1.41 bits per heavy atom. The molecule has 0 unspecified atom stereocenters. The fraction of sp³-hybridized carbons (Fsp3) is 0.263. The highest BCUT2D eigenvalue weighted by Gasteiger charge is 2.32. The van der Waals surface area contributed by atoms with Crippen molar-refractivity contribution < 1.29 is 27.8 Å². The number of fused-ring (bicyclic) bond motifs is 3. The van der Waals surface area contributed by atoms with E-state index in [4.69, 9.17) is 9.47 Å². The van der Waals surface area contributed by atoms with E-state index in [-0.39, 0.29) is 28.7 Å². The minimum atomic E-state index is -3.59. The molecule has 1 aliphatic heterocycles. The van der Waals surface area contributed by atoms with Gasteiger partial charge in [-0.3, -0.25) is 0 Å². The number of carboxylic acid groups (broad SMARTS) is 1. The standard InChI is InChI=1S/C19H18N2O6S2/c1-3-6-29(24,25)16-7-12-14(8-15(16)26-2)27-9-13-17(19(22)23)20-21(18(12)13)11-4-5-28-10-11/h4-5,7-8,10H,3,6,9H2,1-2H3,(H,22,23). The summed E-state index contributed by atoms with van der Waals surface area (Å²) in [4.78, 5) is 11.8. The van der Waals surface area contributed by atoms with Crippen LogP contribution in [0.5, 0.6) is 11.5 Å². The summed E-state index contributed by atoms with van der Waals surface area (Å²) >= 11 is 1.45. The van der Waals surface area contributed by atoms with Crippen molar-refractivity contribution in [3.63, 3.8) is 0 Å². The molecule has 4 rings (SSSR count). The van der Waals surface area contributed by atoms with E-state index >= 15 is 0 Å². The number of benzene rings is 1. The van der Waals surface area contributed by atoms with Crippen molar-refractivity contribution in [2.75, 3.05) is 12.9 Å². The maximum absolute atomic E-state index is 12.8. The van der Waals surface area contributed by atoms with Crippen LogP contribution in [0.4, 0.5) is 0 Å². The maximum Gasteiger partial charge on any atom is 0.356 e. The summed E-state index contributed by atoms with van der Waals surface area (Å²) in [5, 5.41) is 17.6. The van der Waals surface area contributed by atoms with Crippen LogP contribution in [-0.2, 0) is 16.4 Å². The van der Waals surface area contributed by atoms with Crippen LogP contribution in [0.2, 0.25) is 0 Å². The molecule has 2 aromatic heterocycles. The highest BCUT2D eigenvalue weighted by molar-refractivity contribution is 7.91. The number of rotatable bonds is 6. The third-order valence-electron chi connectivity index (χ3n) is 4.64. The highest BCUT2D eigenvalue weighted by Crippen LogP contribution is 2.44. The predicted molar refractivity (Wildman–Crippen MR) is 107 cm³/mol. The summed E-state index contributed by atoms with van der Waals surface area (Å²) < 4.78 is 38.2. The first kappa shape index (κ1) is 19.5. The smallest absolute Gasteiger partial charge is 0.356 e. The number of ether oxygens (including phenoxy) is 2. The number of carbonyl (C=O) groups is 1. The van der Waals surface area contributed by atoms with Crippen molar-refractivity contribution in [1.29, 1.82) is 0 Å². The fourth-order valence-electron chi connectivity index (χ4n) is 3.38. The second-order valence-electron chi connectivity index (χ2n) is 6.48. The molecule has 1 N–H and O–H groups in total. The predicted octanol–water partition coefficient (Wildman–Crippen LogP) is 3.38. The summed E-state index contributed by atoms with van der Waals surface area (Å²) in [5.74, 6) is -0.589. The van der Waals surface area contributed by atoms with E-state index in [0.29, 0.717) is 34.7 Å². The van der Waals surface area contributed by atoms with Crippen molar-refractivity contribution in [3.8, 4) is 28.4 Å². The molecule has 152 valence electrons. The van der Waals surface area contributed by atoms with Crippen LogP contribution in [0.3, 0.4) is 0 Å². The molecule has 0 saturated heterocycles. The molecule has 0 saturated carbocycles. The van der Waals surface area contributed by atoms with Crippen LogP contribution >= 0.6 is 11.3 Å². The first-order valence-electron chi connectivity index (χ1n) is 8.83. The third kappa shape index (κ3) is 3.18. The number of hydrogen-bond acceptors (Lipinski definition) is 7. The van der Waals surface area contributed by atoms with E-state index in [1.54, 1.807) is 6.92 Å². The second-order valence-corrected chi connectivity index (χ2v) is 9.34. The van der Waals surface area contributed by atoms with Crippen LogP contribution in [-0.4, -0.2) is 42.1 Å². The Morgan fingerprint density at radius 3 is 2.83 bits per heavy atom. The van der Waals surface area contributed by atoms with Gasteiger partial charge in [-0.1, -0.05) is 6.92 Å². The van der Waals surface area contributed by atoms with Crippen molar-refractivity contribution in [1.82, 2.24) is 9.78 Å². The average Bonchev–Trinajstić information content (AvgIpc) is 3.34. The number of sulfone groups is 1. The molecule has 0 atom stereocenters. The van der Waals surface area contributed by atoms with Crippen LogP contribution < -0.4 is 9.47 Å². The lowest BCUT2D eigenvalue weighted by Crippen LogP contribution is -2.13. The Hall–Kier alpha value is -2.85. The molecule has 0 amide bonds. The zero-order chi connectivity index (χ0) is 20.8. The van der Waals surface area contributed by atoms with E-state index in [1.165, 1.54) is 35.3 Å². The zero-order valence-corrected chi connectivity index (χ0v) is 17.3. The maximum atomic E-state index is 12.8. The van der Waals surface area contributed by atoms with Crippen LogP contribution in [0, 0.1) is 0 Å². The number of hydrogen-bond donors (Lipinski definition) is 1. The molecule has 8 nitrogen and oxygen atoms in total. The first-order chi connectivity index (χ1) is 13.9. The van der Waals surface area contributed by atoms with Gasteiger partial charge in [-0.05, 0) is 23.9 Å². The topological polar surface area (TPSA) is 108 Å². The van der Waals surface area contributed by atoms with Gasteiger partial charge in [0.25, 0.3) is 0 Å². The Morgan fingerprint density at radius 2 is 2.21 bits per heavy atom. The van der Waals surface area contributed by atoms with Gasteiger partial charge in [0.2, 0.25) is 0 Å². The van der Waals surface area contributed by atoms with Gasteiger partial charge in [-0.15, -0.1) is 0 Å². The Kier molecular flexibility index (Phi) is 4.83. The Balaban J connectivity index is 2.02. The Bertz CT molecular complexity index is 1200. The molecule has 0 fully saturated rings. The minimum absolute atomic E-state index is 0.0122. The van der Waals surface area contributed by atoms with E-state index < -0.39 is 15.8 Å². The molecule has 0 spiro atoms. The number of carboxylic acids is 1. The molecule has 0 bridgehead atoms. The van der Waals surface area contributed by atoms with Crippen molar-refractivity contribution in [3.05, 3.63) is 40.2 Å². The fourth-order valence-corrected chi connectivity index (χ4v) is 5.50. The quantitative estimate of drug-likeness (QED) is 0.634. The Labute approximate surface area is 171 Å². The van der Waals surface area contributed by atoms with Gasteiger partial charge in [0, 0.05) is 17.0 Å². The largest absolute Gasteiger partial charge is 0.495 e. The van der Waals surface area contributed by atoms with Gasteiger partial charge < -0.3 is 14.6 Å². The lowest BCUT2D eigenvalue weighted by molar-refractivity contribution is 0.0687. The lowest BCUT2D eigenvalue weighted by atomic mass is 10.0. The van der Waals surface area contributed by atoms with Gasteiger partial charge in [0.15, 0.2) is 15.5 Å². The van der Waals surface area contributed by atoms with Gasteiger partial charge in [-0.2, -0.15) is 16.4 Å². The molecular weight excluding hydrogens is 416 g/mol. The molecule has 0 radical (unpaired) electrons. The van der Waals surface area contributed by atoms with Crippen LogP contribution in [0.15, 0.2) is 33.9 Å². The summed E-state index contributed by atoms with van der Waals surface area (Å²) in [6.07, 6.45) is 0.459. The number of methoxy groups -OCH3 is 1. The summed E-state index contributed by atoms with van der Waals surface area (Å²) in [5.41, 5.74) is 1.96. The SMILES string of the molecule is CCCS(=O)(=O)c1cc2c(cc1OC)OCc1c(C(=O)O)nn(-c3ccsc3)c1-2. The molecule has 10 heteroatoms. The molecule has 3 heterocycles. The van der Waals surface area contributed by atoms with E-state index in [2.05, 4.69) is 5.10 Å². The van der Waals surface area contributed by atoms with Crippen molar-refractivity contribution in [2.24, 2.45) is 0 Å². The average molecular weight is 434 g/mol. The van der Waals surface area contributed by atoms with Crippen molar-refractivity contribution >= 4 is 27.1 Å². The van der Waals surface area contributed by atoms with Crippen LogP contribution in [0.1, 0.15) is 29.4 Å². The normalized spacial score (nSPS) is 12.8. The number of thiophene rings is 1. The summed E-state index contributed by atoms with van der Waals surface area (Å²) in [7, 11) is -2.19. The minimum Gasteiger partial charge on any atom is -0.495 e. The summed E-state index contributed by atoms with van der Waals surface area (Å²) in [6.45, 7) is 1.80. The highest BCUT2D eigenvalue weighted by atomic mass is 32.2. The van der Waals surface area contributed by atoms with E-state index in [0.717, 1.165) is 0 Å². The zero-order valence-electron chi connectivity index (χ0n) is 15.7. The summed E-state index contributed by atoms with van der Waals surface area (Å²) in [6, 6.07) is 4.84. The molecule has 1 aliphatic rings. The monoisotopic (exact) mass is 434 g/mol. The lowest BCUT2D eigenvalue weighted by Gasteiger charge is -2.21. The first-order valence-corrected chi connectivity index (χ1v) is 11.4. The molecule has 29 heavy (non-hydrogen) atoms. The number of aromatic nitrogens is 2. The van der Waals surface area contributed by atoms with E-state index in [1.807, 2.05) is 16.8 Å². The molecule has 3 aromatic rings.